The van der Waals surface area contributed by atoms with Crippen LogP contribution in [0.5, 0.6) is 5.88 Å². The summed E-state index contributed by atoms with van der Waals surface area (Å²) < 4.78 is 11.5. The lowest BCUT2D eigenvalue weighted by molar-refractivity contribution is -0.0344. The predicted octanol–water partition coefficient (Wildman–Crippen LogP) is 1.38. The molecule has 0 aliphatic carbocycles. The fourth-order valence-electron chi connectivity index (χ4n) is 3.61. The Kier molecular flexibility index (Phi) is 4.42. The number of hydrogen-bond acceptors (Lipinski definition) is 5. The molecule has 2 fully saturated rings. The second-order valence-electron chi connectivity index (χ2n) is 6.18. The van der Waals surface area contributed by atoms with Crippen molar-refractivity contribution in [3.8, 4) is 5.88 Å². The van der Waals surface area contributed by atoms with Crippen LogP contribution >= 0.6 is 0 Å². The molecule has 0 N–H and O–H groups in total. The molecule has 3 atom stereocenters. The van der Waals surface area contributed by atoms with E-state index in [2.05, 4.69) is 34.9 Å². The highest BCUT2D eigenvalue weighted by molar-refractivity contribution is 5.25. The summed E-state index contributed by atoms with van der Waals surface area (Å²) in [5, 5.41) is 0. The summed E-state index contributed by atoms with van der Waals surface area (Å²) >= 11 is 0. The average Bonchev–Trinajstić information content (AvgIpc) is 2.87. The minimum Gasteiger partial charge on any atom is -0.481 e. The van der Waals surface area contributed by atoms with E-state index in [1.165, 1.54) is 6.42 Å². The maximum atomic E-state index is 6.07. The van der Waals surface area contributed by atoms with Crippen LogP contribution in [0.2, 0.25) is 0 Å². The lowest BCUT2D eigenvalue weighted by atomic mass is 10.0. The summed E-state index contributed by atoms with van der Waals surface area (Å²) in [6.07, 6.45) is 4.48. The van der Waals surface area contributed by atoms with E-state index in [1.807, 2.05) is 6.07 Å². The van der Waals surface area contributed by atoms with Crippen LogP contribution in [0, 0.1) is 0 Å². The van der Waals surface area contributed by atoms with E-state index in [0.717, 1.165) is 37.6 Å². The topological polar surface area (TPSA) is 37.8 Å². The largest absolute Gasteiger partial charge is 0.481 e. The van der Waals surface area contributed by atoms with Gasteiger partial charge in [0.2, 0.25) is 5.88 Å². The average molecular weight is 291 g/mol. The number of nitrogens with zero attached hydrogens (tertiary/aromatic N) is 3. The van der Waals surface area contributed by atoms with Crippen molar-refractivity contribution in [1.82, 2.24) is 14.8 Å². The maximum absolute atomic E-state index is 6.07. The zero-order valence-electron chi connectivity index (χ0n) is 13.2. The highest BCUT2D eigenvalue weighted by atomic mass is 16.5. The van der Waals surface area contributed by atoms with E-state index in [1.54, 1.807) is 13.3 Å². The summed E-state index contributed by atoms with van der Waals surface area (Å²) in [5.41, 5.74) is 1.16. The van der Waals surface area contributed by atoms with Crippen molar-refractivity contribution >= 4 is 0 Å². The molecular formula is C16H25N3O2. The molecule has 21 heavy (non-hydrogen) atoms. The molecule has 3 heterocycles. The Morgan fingerprint density at radius 2 is 2.33 bits per heavy atom. The minimum absolute atomic E-state index is 0.330. The summed E-state index contributed by atoms with van der Waals surface area (Å²) in [5.74, 6) is 0.735. The minimum atomic E-state index is 0.330. The molecule has 5 nitrogen and oxygen atoms in total. The number of likely N-dealkylation sites (tertiary alicyclic amines) is 1. The standard InChI is InChI=1S/C16H25N3O2/c1-18(2)14-11-19(13-7-5-9-21-15(13)14)10-12-6-4-8-17-16(12)20-3/h4,6,8,13-15H,5,7,9-11H2,1-3H3/t13-,14-,15+/m0/s1. The zero-order valence-corrected chi connectivity index (χ0v) is 13.2. The van der Waals surface area contributed by atoms with E-state index in [4.69, 9.17) is 9.47 Å². The number of fused-ring (bicyclic) bond motifs is 1. The summed E-state index contributed by atoms with van der Waals surface area (Å²) in [7, 11) is 5.98. The van der Waals surface area contributed by atoms with Gasteiger partial charge in [0.15, 0.2) is 0 Å². The molecule has 0 bridgehead atoms. The van der Waals surface area contributed by atoms with Crippen LogP contribution in [0.4, 0.5) is 0 Å². The van der Waals surface area contributed by atoms with Gasteiger partial charge in [-0.3, -0.25) is 4.90 Å². The second kappa shape index (κ2) is 6.30. The molecule has 0 radical (unpaired) electrons. The molecule has 0 unspecified atom stereocenters. The van der Waals surface area contributed by atoms with Gasteiger partial charge in [0, 0.05) is 43.5 Å². The lowest BCUT2D eigenvalue weighted by Gasteiger charge is -2.33. The summed E-state index contributed by atoms with van der Waals surface area (Å²) in [6, 6.07) is 5.06. The number of pyridine rings is 1. The smallest absolute Gasteiger partial charge is 0.217 e. The first-order valence-corrected chi connectivity index (χ1v) is 7.70. The van der Waals surface area contributed by atoms with E-state index < -0.39 is 0 Å². The highest BCUT2D eigenvalue weighted by Crippen LogP contribution is 2.32. The molecule has 3 rings (SSSR count). The van der Waals surface area contributed by atoms with Gasteiger partial charge < -0.3 is 14.4 Å². The van der Waals surface area contributed by atoms with Crippen molar-refractivity contribution in [3.05, 3.63) is 23.9 Å². The van der Waals surface area contributed by atoms with Gasteiger partial charge in [0.25, 0.3) is 0 Å². The Morgan fingerprint density at radius 1 is 1.48 bits per heavy atom. The Balaban J connectivity index is 1.78. The molecule has 1 aromatic heterocycles. The van der Waals surface area contributed by atoms with Gasteiger partial charge in [-0.25, -0.2) is 4.98 Å². The number of aromatic nitrogens is 1. The fraction of sp³-hybridized carbons (Fsp3) is 0.688. The van der Waals surface area contributed by atoms with Gasteiger partial charge in [0.05, 0.1) is 13.2 Å². The quantitative estimate of drug-likeness (QED) is 0.838. The number of methoxy groups -OCH3 is 1. The number of rotatable bonds is 4. The molecule has 1 aromatic rings. The van der Waals surface area contributed by atoms with Gasteiger partial charge >= 0.3 is 0 Å². The van der Waals surface area contributed by atoms with Crippen LogP contribution in [0.25, 0.3) is 0 Å². The van der Waals surface area contributed by atoms with Crippen molar-refractivity contribution in [2.24, 2.45) is 0 Å². The Bertz CT molecular complexity index is 480. The number of hydrogen-bond donors (Lipinski definition) is 0. The van der Waals surface area contributed by atoms with Gasteiger partial charge in [-0.1, -0.05) is 6.07 Å². The first-order chi connectivity index (χ1) is 10.2. The number of likely N-dealkylation sites (N-methyl/N-ethyl adjacent to an activating group) is 1. The lowest BCUT2D eigenvalue weighted by Crippen LogP contribution is -2.45. The predicted molar refractivity (Wildman–Crippen MR) is 81.4 cm³/mol. The van der Waals surface area contributed by atoms with Gasteiger partial charge in [-0.05, 0) is 33.0 Å². The van der Waals surface area contributed by atoms with E-state index in [0.29, 0.717) is 18.2 Å². The first kappa shape index (κ1) is 14.8. The molecule has 2 aliphatic heterocycles. The normalized spacial score (nSPS) is 29.6. The van der Waals surface area contributed by atoms with E-state index in [-0.39, 0.29) is 0 Å². The molecular weight excluding hydrogens is 266 g/mol. The summed E-state index contributed by atoms with van der Waals surface area (Å²) in [4.78, 5) is 9.14. The number of ether oxygens (including phenoxy) is 2. The van der Waals surface area contributed by atoms with Crippen LogP contribution in [-0.4, -0.2) is 67.3 Å². The molecule has 0 spiro atoms. The molecule has 0 amide bonds. The maximum Gasteiger partial charge on any atom is 0.217 e. The van der Waals surface area contributed by atoms with Gasteiger partial charge in [0.1, 0.15) is 0 Å². The van der Waals surface area contributed by atoms with Crippen molar-refractivity contribution in [2.75, 3.05) is 34.4 Å². The molecule has 116 valence electrons. The van der Waals surface area contributed by atoms with Gasteiger partial charge in [-0.15, -0.1) is 0 Å². The van der Waals surface area contributed by atoms with Crippen LogP contribution in [-0.2, 0) is 11.3 Å². The Morgan fingerprint density at radius 3 is 3.10 bits per heavy atom. The van der Waals surface area contributed by atoms with Crippen LogP contribution in [0.3, 0.4) is 0 Å². The van der Waals surface area contributed by atoms with E-state index >= 15 is 0 Å². The molecule has 0 saturated carbocycles. The SMILES string of the molecule is COc1ncccc1CN1C[C@H](N(C)C)[C@@H]2OCCC[C@@H]21. The van der Waals surface area contributed by atoms with Crippen LogP contribution in [0.1, 0.15) is 18.4 Å². The molecule has 0 aromatic carbocycles. The highest BCUT2D eigenvalue weighted by Gasteiger charge is 2.44. The monoisotopic (exact) mass is 291 g/mol. The summed E-state index contributed by atoms with van der Waals surface area (Å²) in [6.45, 7) is 2.82. The van der Waals surface area contributed by atoms with Crippen molar-refractivity contribution in [2.45, 2.75) is 37.6 Å². The van der Waals surface area contributed by atoms with Crippen LogP contribution < -0.4 is 4.74 Å². The van der Waals surface area contributed by atoms with Crippen molar-refractivity contribution < 1.29 is 9.47 Å². The zero-order chi connectivity index (χ0) is 14.8. The first-order valence-electron chi connectivity index (χ1n) is 7.70. The molecule has 2 aliphatic rings. The fourth-order valence-corrected chi connectivity index (χ4v) is 3.61. The Labute approximate surface area is 126 Å². The van der Waals surface area contributed by atoms with Crippen LogP contribution in [0.15, 0.2) is 18.3 Å². The third-order valence-electron chi connectivity index (χ3n) is 4.68. The van der Waals surface area contributed by atoms with Gasteiger partial charge in [-0.2, -0.15) is 0 Å². The third kappa shape index (κ3) is 2.91. The third-order valence-corrected chi connectivity index (χ3v) is 4.68. The molecule has 2 saturated heterocycles. The van der Waals surface area contributed by atoms with Crippen molar-refractivity contribution in [3.63, 3.8) is 0 Å². The van der Waals surface area contributed by atoms with E-state index in [9.17, 15) is 0 Å². The molecule has 5 heteroatoms. The van der Waals surface area contributed by atoms with Crippen molar-refractivity contribution in [1.29, 1.82) is 0 Å². The second-order valence-corrected chi connectivity index (χ2v) is 6.18. The Hall–Kier alpha value is -1.17.